The zero-order chi connectivity index (χ0) is 16.5. The summed E-state index contributed by atoms with van der Waals surface area (Å²) in [5, 5.41) is 0.957. The van der Waals surface area contributed by atoms with E-state index < -0.39 is 0 Å². The molecule has 1 aromatic heterocycles. The highest BCUT2D eigenvalue weighted by Crippen LogP contribution is 2.24. The van der Waals surface area contributed by atoms with Crippen molar-refractivity contribution in [1.82, 2.24) is 9.88 Å². The summed E-state index contributed by atoms with van der Waals surface area (Å²) in [5.74, 6) is 0.946. The molecule has 0 atom stereocenters. The lowest BCUT2D eigenvalue weighted by Crippen LogP contribution is -2.34. The van der Waals surface area contributed by atoms with Gasteiger partial charge in [0.25, 0.3) is 0 Å². The maximum atomic E-state index is 12.8. The Balaban J connectivity index is 1.53. The van der Waals surface area contributed by atoms with Gasteiger partial charge in [-0.05, 0) is 29.7 Å². The Kier molecular flexibility index (Phi) is 3.82. The molecule has 0 spiro atoms. The van der Waals surface area contributed by atoms with E-state index in [0.29, 0.717) is 6.54 Å². The van der Waals surface area contributed by atoms with Crippen LogP contribution in [0.2, 0.25) is 0 Å². The minimum absolute atomic E-state index is 0.158. The van der Waals surface area contributed by atoms with Crippen molar-refractivity contribution in [2.75, 3.05) is 20.2 Å². The van der Waals surface area contributed by atoms with Crippen molar-refractivity contribution in [3.05, 3.63) is 65.4 Å². The Morgan fingerprint density at radius 1 is 1.21 bits per heavy atom. The third-order valence-electron chi connectivity index (χ3n) is 4.77. The molecule has 0 fully saturated rings. The third-order valence-corrected chi connectivity index (χ3v) is 4.77. The number of aromatic amines is 1. The topological polar surface area (TPSA) is 45.3 Å². The summed E-state index contributed by atoms with van der Waals surface area (Å²) in [6.45, 7) is 2.23. The van der Waals surface area contributed by atoms with Crippen molar-refractivity contribution in [2.45, 2.75) is 13.0 Å². The van der Waals surface area contributed by atoms with Crippen molar-refractivity contribution >= 4 is 16.7 Å². The Bertz CT molecular complexity index is 898. The maximum Gasteiger partial charge on any atom is 0.178 e. The fourth-order valence-corrected chi connectivity index (χ4v) is 3.44. The van der Waals surface area contributed by atoms with Crippen LogP contribution in [-0.4, -0.2) is 35.9 Å². The standard InChI is InChI=1S/C20H20N2O2/c1-24-16-6-7-17-18(11-21-19(17)10-16)20(23)13-22-9-8-14-4-2-3-5-15(14)12-22/h2-7,10-11,21H,8-9,12-13H2,1H3. The number of methoxy groups -OCH3 is 1. The number of carbonyl (C=O) groups is 1. The lowest BCUT2D eigenvalue weighted by atomic mass is 9.99. The van der Waals surface area contributed by atoms with Crippen LogP contribution >= 0.6 is 0 Å². The van der Waals surface area contributed by atoms with Crippen LogP contribution in [0.25, 0.3) is 10.9 Å². The summed E-state index contributed by atoms with van der Waals surface area (Å²) in [5.41, 5.74) is 4.42. The summed E-state index contributed by atoms with van der Waals surface area (Å²) < 4.78 is 5.23. The average Bonchev–Trinajstić information content (AvgIpc) is 3.04. The van der Waals surface area contributed by atoms with Crippen LogP contribution in [0.4, 0.5) is 0 Å². The highest BCUT2D eigenvalue weighted by Gasteiger charge is 2.20. The number of benzene rings is 2. The van der Waals surface area contributed by atoms with E-state index in [9.17, 15) is 4.79 Å². The molecule has 0 amide bonds. The molecule has 1 aliphatic heterocycles. The monoisotopic (exact) mass is 320 g/mol. The van der Waals surface area contributed by atoms with Gasteiger partial charge in [0.2, 0.25) is 0 Å². The normalized spacial score (nSPS) is 14.5. The molecule has 1 N–H and O–H groups in total. The van der Waals surface area contributed by atoms with Gasteiger partial charge in [-0.2, -0.15) is 0 Å². The number of nitrogens with zero attached hydrogens (tertiary/aromatic N) is 1. The first-order valence-electron chi connectivity index (χ1n) is 8.22. The highest BCUT2D eigenvalue weighted by molar-refractivity contribution is 6.09. The second-order valence-electron chi connectivity index (χ2n) is 6.27. The fourth-order valence-electron chi connectivity index (χ4n) is 3.44. The second kappa shape index (κ2) is 6.13. The van der Waals surface area contributed by atoms with Crippen molar-refractivity contribution in [1.29, 1.82) is 0 Å². The Labute approximate surface area is 141 Å². The lowest BCUT2D eigenvalue weighted by molar-refractivity contribution is 0.0923. The molecule has 0 unspecified atom stereocenters. The van der Waals surface area contributed by atoms with Gasteiger partial charge < -0.3 is 9.72 Å². The van der Waals surface area contributed by atoms with Gasteiger partial charge >= 0.3 is 0 Å². The number of ether oxygens (including phenoxy) is 1. The van der Waals surface area contributed by atoms with E-state index >= 15 is 0 Å². The number of Topliss-reactive ketones (excluding diaryl/α,β-unsaturated/α-hetero) is 1. The van der Waals surface area contributed by atoms with E-state index in [0.717, 1.165) is 41.7 Å². The van der Waals surface area contributed by atoms with Crippen LogP contribution in [0.1, 0.15) is 21.5 Å². The summed E-state index contributed by atoms with van der Waals surface area (Å²) in [4.78, 5) is 18.2. The van der Waals surface area contributed by atoms with Crippen LogP contribution in [0.15, 0.2) is 48.7 Å². The zero-order valence-electron chi connectivity index (χ0n) is 13.7. The molecule has 2 heterocycles. The molecule has 4 heteroatoms. The molecule has 4 rings (SSSR count). The molecule has 4 nitrogen and oxygen atoms in total. The summed E-state index contributed by atoms with van der Waals surface area (Å²) in [7, 11) is 1.64. The van der Waals surface area contributed by atoms with E-state index in [1.165, 1.54) is 11.1 Å². The molecule has 1 aliphatic rings. The first-order chi connectivity index (χ1) is 11.7. The Morgan fingerprint density at radius 3 is 2.88 bits per heavy atom. The van der Waals surface area contributed by atoms with E-state index in [2.05, 4.69) is 34.1 Å². The van der Waals surface area contributed by atoms with Crippen LogP contribution in [0, 0.1) is 0 Å². The van der Waals surface area contributed by atoms with Gasteiger partial charge in [-0.3, -0.25) is 9.69 Å². The fraction of sp³-hybridized carbons (Fsp3) is 0.250. The molecule has 3 aromatic rings. The molecule has 2 aromatic carbocycles. The van der Waals surface area contributed by atoms with Crippen molar-refractivity contribution < 1.29 is 9.53 Å². The molecule has 0 saturated heterocycles. The number of rotatable bonds is 4. The SMILES string of the molecule is COc1ccc2c(C(=O)CN3CCc4ccccc4C3)c[nH]c2c1. The molecule has 0 aliphatic carbocycles. The minimum atomic E-state index is 0.158. The number of carbonyl (C=O) groups excluding carboxylic acids is 1. The average molecular weight is 320 g/mol. The van der Waals surface area contributed by atoms with Gasteiger partial charge in [0.1, 0.15) is 5.75 Å². The number of fused-ring (bicyclic) bond motifs is 2. The molecular formula is C20H20N2O2. The van der Waals surface area contributed by atoms with Gasteiger partial charge in [0, 0.05) is 41.8 Å². The van der Waals surface area contributed by atoms with Gasteiger partial charge in [0.15, 0.2) is 5.78 Å². The number of aromatic nitrogens is 1. The quantitative estimate of drug-likeness (QED) is 0.749. The molecule has 0 radical (unpaired) electrons. The molecule has 0 saturated carbocycles. The van der Waals surface area contributed by atoms with Crippen molar-refractivity contribution in [3.63, 3.8) is 0 Å². The van der Waals surface area contributed by atoms with Crippen LogP contribution in [0.3, 0.4) is 0 Å². The first kappa shape index (κ1) is 15.0. The molecule has 0 bridgehead atoms. The smallest absolute Gasteiger partial charge is 0.178 e. The van der Waals surface area contributed by atoms with Crippen LogP contribution < -0.4 is 4.74 Å². The lowest BCUT2D eigenvalue weighted by Gasteiger charge is -2.27. The third kappa shape index (κ3) is 2.69. The highest BCUT2D eigenvalue weighted by atomic mass is 16.5. The number of nitrogens with one attached hydrogen (secondary N) is 1. The molecular weight excluding hydrogens is 300 g/mol. The van der Waals surface area contributed by atoms with E-state index in [1.807, 2.05) is 24.4 Å². The van der Waals surface area contributed by atoms with Gasteiger partial charge in [-0.25, -0.2) is 0 Å². The number of ketones is 1. The molecule has 24 heavy (non-hydrogen) atoms. The Morgan fingerprint density at radius 2 is 2.04 bits per heavy atom. The van der Waals surface area contributed by atoms with E-state index in [1.54, 1.807) is 7.11 Å². The summed E-state index contributed by atoms with van der Waals surface area (Å²) >= 11 is 0. The van der Waals surface area contributed by atoms with Gasteiger partial charge in [0.05, 0.1) is 13.7 Å². The zero-order valence-corrected chi connectivity index (χ0v) is 13.7. The number of hydrogen-bond donors (Lipinski definition) is 1. The largest absolute Gasteiger partial charge is 0.497 e. The van der Waals surface area contributed by atoms with Gasteiger partial charge in [-0.15, -0.1) is 0 Å². The van der Waals surface area contributed by atoms with E-state index in [4.69, 9.17) is 4.74 Å². The van der Waals surface area contributed by atoms with E-state index in [-0.39, 0.29) is 5.78 Å². The number of H-pyrrole nitrogens is 1. The molecule has 122 valence electrons. The first-order valence-corrected chi connectivity index (χ1v) is 8.22. The summed E-state index contributed by atoms with van der Waals surface area (Å²) in [6.07, 6.45) is 2.82. The number of hydrogen-bond acceptors (Lipinski definition) is 3. The van der Waals surface area contributed by atoms with Gasteiger partial charge in [-0.1, -0.05) is 24.3 Å². The van der Waals surface area contributed by atoms with Crippen LogP contribution in [0.5, 0.6) is 5.75 Å². The minimum Gasteiger partial charge on any atom is -0.497 e. The summed E-state index contributed by atoms with van der Waals surface area (Å²) in [6, 6.07) is 14.2. The predicted molar refractivity (Wildman–Crippen MR) is 94.6 cm³/mol. The van der Waals surface area contributed by atoms with Crippen molar-refractivity contribution in [2.24, 2.45) is 0 Å². The maximum absolute atomic E-state index is 12.8. The Hall–Kier alpha value is -2.59. The predicted octanol–water partition coefficient (Wildman–Crippen LogP) is 3.42. The second-order valence-corrected chi connectivity index (χ2v) is 6.27. The van der Waals surface area contributed by atoms with Crippen molar-refractivity contribution in [3.8, 4) is 5.75 Å². The van der Waals surface area contributed by atoms with Crippen LogP contribution in [-0.2, 0) is 13.0 Å².